The highest BCUT2D eigenvalue weighted by atomic mass is 16.5. The van der Waals surface area contributed by atoms with Gasteiger partial charge in [0.2, 0.25) is 5.91 Å². The van der Waals surface area contributed by atoms with Crippen molar-refractivity contribution in [1.29, 1.82) is 0 Å². The van der Waals surface area contributed by atoms with Crippen molar-refractivity contribution in [3.63, 3.8) is 0 Å². The van der Waals surface area contributed by atoms with Gasteiger partial charge < -0.3 is 10.1 Å². The van der Waals surface area contributed by atoms with E-state index in [0.29, 0.717) is 19.0 Å². The van der Waals surface area contributed by atoms with E-state index in [1.807, 2.05) is 24.3 Å². The number of hydrogen-bond donors (Lipinski definition) is 1. The lowest BCUT2D eigenvalue weighted by molar-refractivity contribution is -0.121. The molecule has 3 rings (SSSR count). The molecule has 1 N–H and O–H groups in total. The van der Waals surface area contributed by atoms with Gasteiger partial charge >= 0.3 is 0 Å². The minimum Gasteiger partial charge on any atom is -0.379 e. The van der Waals surface area contributed by atoms with Crippen LogP contribution in [0.3, 0.4) is 0 Å². The largest absolute Gasteiger partial charge is 0.379 e. The molecule has 1 saturated heterocycles. The Balaban J connectivity index is 1.55. The molecule has 0 bridgehead atoms. The van der Waals surface area contributed by atoms with Crippen molar-refractivity contribution in [3.8, 4) is 0 Å². The van der Waals surface area contributed by atoms with Crippen LogP contribution in [-0.4, -0.2) is 49.7 Å². The van der Waals surface area contributed by atoms with Crippen LogP contribution in [0.5, 0.6) is 0 Å². The van der Waals surface area contributed by atoms with Crippen molar-refractivity contribution in [2.24, 2.45) is 0 Å². The Bertz CT molecular complexity index is 684. The first-order chi connectivity index (χ1) is 13.2. The van der Waals surface area contributed by atoms with Crippen LogP contribution in [0.4, 0.5) is 0 Å². The molecule has 2 aromatic rings. The second kappa shape index (κ2) is 10.2. The number of rotatable bonds is 8. The van der Waals surface area contributed by atoms with Crippen molar-refractivity contribution in [2.75, 3.05) is 32.8 Å². The third-order valence-corrected chi connectivity index (χ3v) is 5.27. The van der Waals surface area contributed by atoms with Crippen LogP contribution in [0.25, 0.3) is 0 Å². The van der Waals surface area contributed by atoms with Crippen LogP contribution in [0.1, 0.15) is 30.4 Å². The van der Waals surface area contributed by atoms with Crippen molar-refractivity contribution in [3.05, 3.63) is 71.8 Å². The predicted octanol–water partition coefficient (Wildman–Crippen LogP) is 3.24. The van der Waals surface area contributed by atoms with Gasteiger partial charge in [0.15, 0.2) is 0 Å². The molecule has 0 saturated carbocycles. The molecular formula is C23H30N2O2. The number of carbonyl (C=O) groups is 1. The van der Waals surface area contributed by atoms with Crippen LogP contribution in [0.2, 0.25) is 0 Å². The maximum Gasteiger partial charge on any atom is 0.220 e. The molecule has 0 spiro atoms. The van der Waals surface area contributed by atoms with E-state index in [1.165, 1.54) is 11.1 Å². The van der Waals surface area contributed by atoms with Gasteiger partial charge in [0.05, 0.1) is 13.2 Å². The molecule has 1 amide bonds. The summed E-state index contributed by atoms with van der Waals surface area (Å²) in [5, 5.41) is 3.18. The third kappa shape index (κ3) is 6.19. The number of ether oxygens (including phenoxy) is 1. The highest BCUT2D eigenvalue weighted by molar-refractivity contribution is 5.76. The summed E-state index contributed by atoms with van der Waals surface area (Å²) in [6.45, 7) is 6.17. The van der Waals surface area contributed by atoms with E-state index in [4.69, 9.17) is 4.74 Å². The van der Waals surface area contributed by atoms with Crippen molar-refractivity contribution in [2.45, 2.75) is 31.7 Å². The van der Waals surface area contributed by atoms with E-state index in [2.05, 4.69) is 53.5 Å². The van der Waals surface area contributed by atoms with Crippen molar-refractivity contribution in [1.82, 2.24) is 10.2 Å². The van der Waals surface area contributed by atoms with Gasteiger partial charge in [0.1, 0.15) is 0 Å². The summed E-state index contributed by atoms with van der Waals surface area (Å²) in [5.74, 6) is 0.347. The number of morpholine rings is 1. The van der Waals surface area contributed by atoms with Crippen LogP contribution >= 0.6 is 0 Å². The number of hydrogen-bond acceptors (Lipinski definition) is 3. The molecule has 144 valence electrons. The normalized spacial score (nSPS) is 17.2. The van der Waals surface area contributed by atoms with E-state index < -0.39 is 0 Å². The molecule has 4 nitrogen and oxygen atoms in total. The molecule has 1 aliphatic heterocycles. The molecule has 2 atom stereocenters. The number of carbonyl (C=O) groups excluding carboxylic acids is 1. The fourth-order valence-electron chi connectivity index (χ4n) is 3.64. The Morgan fingerprint density at radius 1 is 1.04 bits per heavy atom. The molecule has 0 aromatic heterocycles. The molecule has 1 aliphatic rings. The zero-order chi connectivity index (χ0) is 18.9. The van der Waals surface area contributed by atoms with E-state index in [1.54, 1.807) is 0 Å². The van der Waals surface area contributed by atoms with Crippen LogP contribution in [0.15, 0.2) is 60.7 Å². The topological polar surface area (TPSA) is 41.6 Å². The average molecular weight is 367 g/mol. The monoisotopic (exact) mass is 366 g/mol. The number of nitrogens with zero attached hydrogens (tertiary/aromatic N) is 1. The summed E-state index contributed by atoms with van der Waals surface area (Å²) in [6.07, 6.45) is 1.46. The van der Waals surface area contributed by atoms with E-state index >= 15 is 0 Å². The Kier molecular flexibility index (Phi) is 7.43. The Morgan fingerprint density at radius 2 is 1.67 bits per heavy atom. The number of benzene rings is 2. The third-order valence-electron chi connectivity index (χ3n) is 5.27. The minimum atomic E-state index is 0.123. The molecule has 0 radical (unpaired) electrons. The van der Waals surface area contributed by atoms with Crippen molar-refractivity contribution >= 4 is 5.91 Å². The van der Waals surface area contributed by atoms with Gasteiger partial charge in [-0.3, -0.25) is 9.69 Å². The molecule has 2 unspecified atom stereocenters. The van der Waals surface area contributed by atoms with Gasteiger partial charge in [-0.25, -0.2) is 0 Å². The lowest BCUT2D eigenvalue weighted by Gasteiger charge is -2.34. The summed E-state index contributed by atoms with van der Waals surface area (Å²) in [4.78, 5) is 15.0. The van der Waals surface area contributed by atoms with Gasteiger partial charge in [0.25, 0.3) is 0 Å². The SMILES string of the molecule is CC(CC(=O)NCC(Cc1ccccc1)N1CCOCC1)c1ccccc1. The van der Waals surface area contributed by atoms with E-state index in [9.17, 15) is 4.79 Å². The second-order valence-corrected chi connectivity index (χ2v) is 7.31. The first kappa shape index (κ1) is 19.6. The van der Waals surface area contributed by atoms with Gasteiger partial charge in [0, 0.05) is 32.1 Å². The lowest BCUT2D eigenvalue weighted by atomic mass is 9.97. The Labute approximate surface area is 162 Å². The number of nitrogens with one attached hydrogen (secondary N) is 1. The van der Waals surface area contributed by atoms with Crippen LogP contribution in [-0.2, 0) is 16.0 Å². The number of amides is 1. The quantitative estimate of drug-likeness (QED) is 0.780. The lowest BCUT2D eigenvalue weighted by Crippen LogP contribution is -2.49. The van der Waals surface area contributed by atoms with Crippen molar-refractivity contribution < 1.29 is 9.53 Å². The summed E-state index contributed by atoms with van der Waals surface area (Å²) in [5.41, 5.74) is 2.52. The van der Waals surface area contributed by atoms with E-state index in [0.717, 1.165) is 32.7 Å². The first-order valence-electron chi connectivity index (χ1n) is 9.89. The predicted molar refractivity (Wildman–Crippen MR) is 109 cm³/mol. The molecule has 27 heavy (non-hydrogen) atoms. The Morgan fingerprint density at radius 3 is 2.33 bits per heavy atom. The van der Waals surface area contributed by atoms with E-state index in [-0.39, 0.29) is 11.8 Å². The highest BCUT2D eigenvalue weighted by Crippen LogP contribution is 2.18. The highest BCUT2D eigenvalue weighted by Gasteiger charge is 2.22. The summed E-state index contributed by atoms with van der Waals surface area (Å²) in [6, 6.07) is 21.0. The maximum atomic E-state index is 12.5. The zero-order valence-electron chi connectivity index (χ0n) is 16.1. The Hall–Kier alpha value is -2.17. The average Bonchev–Trinajstić information content (AvgIpc) is 2.73. The second-order valence-electron chi connectivity index (χ2n) is 7.31. The van der Waals surface area contributed by atoms with Gasteiger partial charge in [-0.2, -0.15) is 0 Å². The molecular weight excluding hydrogens is 336 g/mol. The molecule has 2 aromatic carbocycles. The van der Waals surface area contributed by atoms with Crippen LogP contribution < -0.4 is 5.32 Å². The maximum absolute atomic E-state index is 12.5. The summed E-state index contributed by atoms with van der Waals surface area (Å²) in [7, 11) is 0. The fraction of sp³-hybridized carbons (Fsp3) is 0.435. The molecule has 4 heteroatoms. The minimum absolute atomic E-state index is 0.123. The van der Waals surface area contributed by atoms with Gasteiger partial charge in [-0.05, 0) is 23.5 Å². The first-order valence-corrected chi connectivity index (χ1v) is 9.89. The van der Waals surface area contributed by atoms with Gasteiger partial charge in [-0.1, -0.05) is 67.6 Å². The zero-order valence-corrected chi connectivity index (χ0v) is 16.1. The molecule has 0 aliphatic carbocycles. The molecule has 1 heterocycles. The van der Waals surface area contributed by atoms with Crippen LogP contribution in [0, 0.1) is 0 Å². The smallest absolute Gasteiger partial charge is 0.220 e. The van der Waals surface area contributed by atoms with Gasteiger partial charge in [-0.15, -0.1) is 0 Å². The summed E-state index contributed by atoms with van der Waals surface area (Å²) >= 11 is 0. The fourth-order valence-corrected chi connectivity index (χ4v) is 3.64. The summed E-state index contributed by atoms with van der Waals surface area (Å²) < 4.78 is 5.50. The standard InChI is InChI=1S/C23H30N2O2/c1-19(21-10-6-3-7-11-21)16-23(26)24-18-22(25-12-14-27-15-13-25)17-20-8-4-2-5-9-20/h2-11,19,22H,12-18H2,1H3,(H,24,26). The molecule has 1 fully saturated rings.